The number of carbonyl (C=O) groups excluding carboxylic acids is 1. The number of hydrogen-bond donors (Lipinski definition) is 2. The van der Waals surface area contributed by atoms with E-state index in [1.807, 2.05) is 30.3 Å². The van der Waals surface area contributed by atoms with E-state index >= 15 is 0 Å². The predicted molar refractivity (Wildman–Crippen MR) is 102 cm³/mol. The summed E-state index contributed by atoms with van der Waals surface area (Å²) in [4.78, 5) is 22.8. The van der Waals surface area contributed by atoms with Crippen molar-refractivity contribution in [3.05, 3.63) is 66.0 Å². The minimum absolute atomic E-state index is 0.104. The molecule has 6 heteroatoms. The first-order chi connectivity index (χ1) is 12.7. The number of rotatable bonds is 6. The molecule has 132 valence electrons. The molecule has 1 aliphatic heterocycles. The van der Waals surface area contributed by atoms with Crippen LogP contribution in [-0.2, 0) is 0 Å². The molecular formula is C20H21N5O. The molecule has 1 atom stereocenters. The third-order valence-electron chi connectivity index (χ3n) is 4.83. The van der Waals surface area contributed by atoms with Crippen molar-refractivity contribution in [3.8, 4) is 0 Å². The Kier molecular flexibility index (Phi) is 4.50. The fraction of sp³-hybridized carbons (Fsp3) is 0.250. The molecule has 0 aliphatic carbocycles. The van der Waals surface area contributed by atoms with Crippen LogP contribution in [0, 0.1) is 0 Å². The number of nitrogens with zero attached hydrogens (tertiary/aromatic N) is 3. The van der Waals surface area contributed by atoms with E-state index in [1.54, 1.807) is 6.07 Å². The Hall–Kier alpha value is -2.99. The number of amides is 1. The molecule has 6 nitrogen and oxygen atoms in total. The first-order valence-corrected chi connectivity index (χ1v) is 8.80. The molecule has 3 aromatic rings. The molecule has 0 unspecified atom stereocenters. The summed E-state index contributed by atoms with van der Waals surface area (Å²) >= 11 is 0. The van der Waals surface area contributed by atoms with Gasteiger partial charge in [0.25, 0.3) is 5.91 Å². The zero-order valence-corrected chi connectivity index (χ0v) is 14.4. The molecule has 1 amide bonds. The monoisotopic (exact) mass is 347 g/mol. The van der Waals surface area contributed by atoms with E-state index in [2.05, 4.69) is 32.3 Å². The molecular weight excluding hydrogens is 326 g/mol. The van der Waals surface area contributed by atoms with Gasteiger partial charge in [-0.2, -0.15) is 0 Å². The highest BCUT2D eigenvalue weighted by Crippen LogP contribution is 2.27. The highest BCUT2D eigenvalue weighted by atomic mass is 16.1. The molecule has 1 saturated heterocycles. The van der Waals surface area contributed by atoms with Crippen molar-refractivity contribution in [2.45, 2.75) is 12.5 Å². The van der Waals surface area contributed by atoms with Crippen LogP contribution >= 0.6 is 0 Å². The lowest BCUT2D eigenvalue weighted by Gasteiger charge is -2.34. The third-order valence-corrected chi connectivity index (χ3v) is 4.83. The van der Waals surface area contributed by atoms with Crippen LogP contribution in [0.3, 0.4) is 0 Å². The van der Waals surface area contributed by atoms with Crippen molar-refractivity contribution in [1.82, 2.24) is 14.9 Å². The lowest BCUT2D eigenvalue weighted by molar-refractivity contribution is 0.100. The third kappa shape index (κ3) is 3.23. The summed E-state index contributed by atoms with van der Waals surface area (Å²) < 4.78 is 0. The van der Waals surface area contributed by atoms with Crippen LogP contribution in [0.25, 0.3) is 10.9 Å². The Morgan fingerprint density at radius 2 is 1.92 bits per heavy atom. The maximum atomic E-state index is 11.7. The maximum Gasteiger partial charge on any atom is 0.250 e. The van der Waals surface area contributed by atoms with Gasteiger partial charge in [0.05, 0.1) is 17.1 Å². The number of nitrogens with one attached hydrogen (secondary N) is 1. The topological polar surface area (TPSA) is 84.1 Å². The molecule has 0 saturated carbocycles. The van der Waals surface area contributed by atoms with Crippen molar-refractivity contribution in [1.29, 1.82) is 0 Å². The van der Waals surface area contributed by atoms with Crippen molar-refractivity contribution in [3.63, 3.8) is 0 Å². The van der Waals surface area contributed by atoms with Gasteiger partial charge in [0.15, 0.2) is 0 Å². The van der Waals surface area contributed by atoms with E-state index in [1.165, 1.54) is 18.3 Å². The second-order valence-electron chi connectivity index (χ2n) is 6.55. The molecule has 0 bridgehead atoms. The van der Waals surface area contributed by atoms with Crippen molar-refractivity contribution < 1.29 is 4.79 Å². The number of nitrogens with two attached hydrogens (primary N) is 1. The summed E-state index contributed by atoms with van der Waals surface area (Å²) in [6.07, 6.45) is 2.72. The maximum absolute atomic E-state index is 11.7. The zero-order chi connectivity index (χ0) is 17.9. The van der Waals surface area contributed by atoms with Gasteiger partial charge in [-0.3, -0.25) is 4.79 Å². The summed E-state index contributed by atoms with van der Waals surface area (Å²) in [5.41, 5.74) is 7.68. The largest absolute Gasteiger partial charge is 0.366 e. The van der Waals surface area contributed by atoms with Crippen LogP contribution in [0.15, 0.2) is 54.9 Å². The standard InChI is InChI=1S/C20H21N5O/c21-19(26)15-8-4-9-16-18(15)22-13-23-20(16)24-17(12-25-10-5-11-25)14-6-2-1-3-7-14/h1-4,6-9,13,17H,5,10-12H2,(H2,21,26)(H,22,23,24)/t17-/m1/s1. The van der Waals surface area contributed by atoms with Crippen LogP contribution in [0.4, 0.5) is 5.82 Å². The van der Waals surface area contributed by atoms with Crippen molar-refractivity contribution >= 4 is 22.6 Å². The minimum Gasteiger partial charge on any atom is -0.366 e. The van der Waals surface area contributed by atoms with Gasteiger partial charge in [-0.15, -0.1) is 0 Å². The SMILES string of the molecule is NC(=O)c1cccc2c(N[C@H](CN3CCC3)c3ccccc3)ncnc12. The molecule has 0 spiro atoms. The number of carbonyl (C=O) groups is 1. The molecule has 1 fully saturated rings. The smallest absolute Gasteiger partial charge is 0.250 e. The fourth-order valence-electron chi connectivity index (χ4n) is 3.31. The van der Waals surface area contributed by atoms with Crippen molar-refractivity contribution in [2.75, 3.05) is 25.0 Å². The van der Waals surface area contributed by atoms with Gasteiger partial charge in [0.1, 0.15) is 12.1 Å². The second-order valence-corrected chi connectivity index (χ2v) is 6.55. The lowest BCUT2D eigenvalue weighted by atomic mass is 10.0. The molecule has 2 heterocycles. The molecule has 3 N–H and O–H groups in total. The van der Waals surface area contributed by atoms with E-state index in [9.17, 15) is 4.79 Å². The second kappa shape index (κ2) is 7.09. The molecule has 1 aromatic heterocycles. The van der Waals surface area contributed by atoms with Gasteiger partial charge in [0, 0.05) is 11.9 Å². The van der Waals surface area contributed by atoms with Crippen LogP contribution < -0.4 is 11.1 Å². The predicted octanol–water partition coefficient (Wildman–Crippen LogP) is 2.59. The number of fused-ring (bicyclic) bond motifs is 1. The van der Waals surface area contributed by atoms with E-state index < -0.39 is 5.91 Å². The number of anilines is 1. The quantitative estimate of drug-likeness (QED) is 0.716. The summed E-state index contributed by atoms with van der Waals surface area (Å²) in [6.45, 7) is 3.16. The van der Waals surface area contributed by atoms with Gasteiger partial charge in [0.2, 0.25) is 0 Å². The number of para-hydroxylation sites is 1. The number of aromatic nitrogens is 2. The van der Waals surface area contributed by atoms with Gasteiger partial charge >= 0.3 is 0 Å². The molecule has 4 rings (SSSR count). The first-order valence-electron chi connectivity index (χ1n) is 8.80. The van der Waals surface area contributed by atoms with E-state index in [-0.39, 0.29) is 6.04 Å². The number of primary amides is 1. The summed E-state index contributed by atoms with van der Waals surface area (Å²) in [7, 11) is 0. The molecule has 26 heavy (non-hydrogen) atoms. The Bertz CT molecular complexity index is 924. The van der Waals surface area contributed by atoms with Gasteiger partial charge in [-0.05, 0) is 37.2 Å². The molecule has 0 radical (unpaired) electrons. The normalized spacial score (nSPS) is 15.4. The average molecular weight is 347 g/mol. The Morgan fingerprint density at radius 3 is 2.62 bits per heavy atom. The minimum atomic E-state index is -0.486. The number of benzene rings is 2. The number of likely N-dealkylation sites (tertiary alicyclic amines) is 1. The van der Waals surface area contributed by atoms with Crippen LogP contribution in [-0.4, -0.2) is 40.4 Å². The summed E-state index contributed by atoms with van der Waals surface area (Å²) in [5, 5.41) is 4.36. The fourth-order valence-corrected chi connectivity index (χ4v) is 3.31. The zero-order valence-electron chi connectivity index (χ0n) is 14.4. The molecule has 2 aromatic carbocycles. The summed E-state index contributed by atoms with van der Waals surface area (Å²) in [5.74, 6) is 0.230. The summed E-state index contributed by atoms with van der Waals surface area (Å²) in [6, 6.07) is 15.9. The van der Waals surface area contributed by atoms with E-state index in [0.717, 1.165) is 25.0 Å². The molecule has 1 aliphatic rings. The Morgan fingerprint density at radius 1 is 1.12 bits per heavy atom. The van der Waals surface area contributed by atoms with E-state index in [4.69, 9.17) is 5.73 Å². The first kappa shape index (κ1) is 16.5. The lowest BCUT2D eigenvalue weighted by Crippen LogP contribution is -2.41. The van der Waals surface area contributed by atoms with Crippen LogP contribution in [0.5, 0.6) is 0 Å². The number of hydrogen-bond acceptors (Lipinski definition) is 5. The van der Waals surface area contributed by atoms with Crippen molar-refractivity contribution in [2.24, 2.45) is 5.73 Å². The average Bonchev–Trinajstić information content (AvgIpc) is 2.63. The van der Waals surface area contributed by atoms with Crippen LogP contribution in [0.2, 0.25) is 0 Å². The Labute approximate surface area is 152 Å². The van der Waals surface area contributed by atoms with Gasteiger partial charge in [-0.25, -0.2) is 9.97 Å². The highest BCUT2D eigenvalue weighted by molar-refractivity contribution is 6.06. The Balaban J connectivity index is 1.71. The van der Waals surface area contributed by atoms with Crippen LogP contribution in [0.1, 0.15) is 28.4 Å². The van der Waals surface area contributed by atoms with Gasteiger partial charge in [-0.1, -0.05) is 36.4 Å². The van der Waals surface area contributed by atoms with Gasteiger partial charge < -0.3 is 16.0 Å². The highest BCUT2D eigenvalue weighted by Gasteiger charge is 2.22. The van der Waals surface area contributed by atoms with E-state index in [0.29, 0.717) is 16.9 Å².